The first-order chi connectivity index (χ1) is 9.60. The highest BCUT2D eigenvalue weighted by Gasteiger charge is 2.07. The maximum atomic E-state index is 11.7. The molecule has 5 heteroatoms. The van der Waals surface area contributed by atoms with E-state index in [0.29, 0.717) is 0 Å². The van der Waals surface area contributed by atoms with Crippen LogP contribution in [0, 0.1) is 0 Å². The van der Waals surface area contributed by atoms with Crippen molar-refractivity contribution in [3.8, 4) is 5.75 Å². The van der Waals surface area contributed by atoms with Crippen molar-refractivity contribution in [2.45, 2.75) is 20.0 Å². The topological polar surface area (TPSA) is 79.4 Å². The minimum atomic E-state index is -1.18. The molecule has 0 unspecified atom stereocenters. The summed E-state index contributed by atoms with van der Waals surface area (Å²) < 4.78 is 5.42. The Morgan fingerprint density at radius 2 is 2.05 bits per heavy atom. The second kappa shape index (κ2) is 6.06. The normalized spacial score (nSPS) is 10.2. The molecule has 0 radical (unpaired) electrons. The van der Waals surface area contributed by atoms with Crippen molar-refractivity contribution >= 4 is 5.97 Å². The molecule has 0 spiro atoms. The maximum Gasteiger partial charge on any atom is 0.352 e. The maximum absolute atomic E-state index is 11.7. The minimum Gasteiger partial charge on any atom is -0.483 e. The molecule has 104 valence electrons. The number of H-pyrrole nitrogens is 1. The van der Waals surface area contributed by atoms with Gasteiger partial charge in [0.2, 0.25) is 5.43 Å². The van der Waals surface area contributed by atoms with Crippen LogP contribution in [-0.2, 0) is 13.0 Å². The average molecular weight is 273 g/mol. The van der Waals surface area contributed by atoms with Crippen LogP contribution in [0.3, 0.4) is 0 Å². The lowest BCUT2D eigenvalue weighted by atomic mass is 10.1. The number of aromatic nitrogens is 1. The third kappa shape index (κ3) is 3.26. The number of hydrogen-bond donors (Lipinski definition) is 2. The Bertz CT molecular complexity index is 676. The van der Waals surface area contributed by atoms with Crippen molar-refractivity contribution in [2.24, 2.45) is 0 Å². The summed E-state index contributed by atoms with van der Waals surface area (Å²) in [6, 6.07) is 8.91. The van der Waals surface area contributed by atoms with E-state index in [1.807, 2.05) is 24.3 Å². The number of carboxylic acid groups (broad SMARTS) is 1. The Morgan fingerprint density at radius 1 is 1.30 bits per heavy atom. The lowest BCUT2D eigenvalue weighted by molar-refractivity contribution is 0.0690. The predicted molar refractivity (Wildman–Crippen MR) is 74.2 cm³/mol. The van der Waals surface area contributed by atoms with Gasteiger partial charge in [0, 0.05) is 12.3 Å². The van der Waals surface area contributed by atoms with Gasteiger partial charge in [0.25, 0.3) is 0 Å². The number of carbonyl (C=O) groups is 1. The van der Waals surface area contributed by atoms with Gasteiger partial charge < -0.3 is 14.8 Å². The van der Waals surface area contributed by atoms with E-state index in [1.165, 1.54) is 11.8 Å². The molecule has 0 fully saturated rings. The summed E-state index contributed by atoms with van der Waals surface area (Å²) in [7, 11) is 0. The van der Waals surface area contributed by atoms with E-state index in [2.05, 4.69) is 11.9 Å². The first-order valence-corrected chi connectivity index (χ1v) is 6.26. The Morgan fingerprint density at radius 3 is 2.70 bits per heavy atom. The highest BCUT2D eigenvalue weighted by Crippen LogP contribution is 2.10. The van der Waals surface area contributed by atoms with E-state index in [0.717, 1.165) is 18.1 Å². The Kier molecular flexibility index (Phi) is 4.20. The van der Waals surface area contributed by atoms with Crippen LogP contribution in [-0.4, -0.2) is 16.1 Å². The molecule has 0 amide bonds. The Balaban J connectivity index is 2.11. The van der Waals surface area contributed by atoms with Crippen molar-refractivity contribution in [1.82, 2.24) is 4.98 Å². The molecule has 2 rings (SSSR count). The van der Waals surface area contributed by atoms with E-state index in [4.69, 9.17) is 9.84 Å². The van der Waals surface area contributed by atoms with Crippen molar-refractivity contribution in [3.05, 3.63) is 63.6 Å². The van der Waals surface area contributed by atoms with Crippen LogP contribution in [0.1, 0.15) is 28.5 Å². The summed E-state index contributed by atoms with van der Waals surface area (Å²) in [5.74, 6) is -1.07. The summed E-state index contributed by atoms with van der Waals surface area (Å²) >= 11 is 0. The molecule has 1 heterocycles. The van der Waals surface area contributed by atoms with E-state index >= 15 is 0 Å². The Hall–Kier alpha value is -2.56. The van der Waals surface area contributed by atoms with Crippen molar-refractivity contribution in [3.63, 3.8) is 0 Å². The summed E-state index contributed by atoms with van der Waals surface area (Å²) in [5.41, 5.74) is 1.55. The number of aryl methyl sites for hydroxylation is 1. The van der Waals surface area contributed by atoms with Crippen LogP contribution in [0.4, 0.5) is 0 Å². The SMILES string of the molecule is CCc1cccc(COc2c[nH]c(C(=O)O)cc2=O)c1. The molecule has 0 saturated heterocycles. The second-order valence-corrected chi connectivity index (χ2v) is 4.34. The van der Waals surface area contributed by atoms with Gasteiger partial charge in [-0.15, -0.1) is 0 Å². The van der Waals surface area contributed by atoms with Crippen LogP contribution in [0.15, 0.2) is 41.3 Å². The summed E-state index contributed by atoms with van der Waals surface area (Å²) in [6.07, 6.45) is 2.21. The smallest absolute Gasteiger partial charge is 0.352 e. The van der Waals surface area contributed by atoms with Gasteiger partial charge in [-0.25, -0.2) is 4.79 Å². The molecular weight excluding hydrogens is 258 g/mol. The van der Waals surface area contributed by atoms with Crippen LogP contribution in [0.2, 0.25) is 0 Å². The minimum absolute atomic E-state index is 0.108. The number of ether oxygens (including phenoxy) is 1. The predicted octanol–water partition coefficient (Wildman–Crippen LogP) is 2.21. The lowest BCUT2D eigenvalue weighted by Gasteiger charge is -2.07. The van der Waals surface area contributed by atoms with Gasteiger partial charge in [-0.3, -0.25) is 4.79 Å². The van der Waals surface area contributed by atoms with Crippen LogP contribution in [0.5, 0.6) is 5.75 Å². The molecule has 0 saturated carbocycles. The van der Waals surface area contributed by atoms with Gasteiger partial charge in [-0.2, -0.15) is 0 Å². The number of benzene rings is 1. The number of hydrogen-bond acceptors (Lipinski definition) is 3. The fourth-order valence-electron chi connectivity index (χ4n) is 1.80. The molecule has 0 aliphatic carbocycles. The molecule has 1 aromatic carbocycles. The third-order valence-corrected chi connectivity index (χ3v) is 2.90. The van der Waals surface area contributed by atoms with Crippen molar-refractivity contribution in [1.29, 1.82) is 0 Å². The van der Waals surface area contributed by atoms with Gasteiger partial charge in [0.05, 0.1) is 0 Å². The molecular formula is C15H15NO4. The van der Waals surface area contributed by atoms with Crippen LogP contribution in [0.25, 0.3) is 0 Å². The molecule has 2 aromatic rings. The largest absolute Gasteiger partial charge is 0.483 e. The van der Waals surface area contributed by atoms with Crippen LogP contribution < -0.4 is 10.2 Å². The second-order valence-electron chi connectivity index (χ2n) is 4.34. The molecule has 20 heavy (non-hydrogen) atoms. The lowest BCUT2D eigenvalue weighted by Crippen LogP contribution is -2.12. The van der Waals surface area contributed by atoms with Gasteiger partial charge >= 0.3 is 5.97 Å². The van der Waals surface area contributed by atoms with Gasteiger partial charge in [0.1, 0.15) is 12.3 Å². The zero-order valence-electron chi connectivity index (χ0n) is 11.1. The fourth-order valence-corrected chi connectivity index (χ4v) is 1.80. The van der Waals surface area contributed by atoms with Gasteiger partial charge in [0.15, 0.2) is 5.75 Å². The quantitative estimate of drug-likeness (QED) is 0.875. The highest BCUT2D eigenvalue weighted by atomic mass is 16.5. The van der Waals surface area contributed by atoms with Gasteiger partial charge in [-0.1, -0.05) is 31.2 Å². The number of rotatable bonds is 5. The summed E-state index contributed by atoms with van der Waals surface area (Å²) in [4.78, 5) is 24.9. The number of aromatic amines is 1. The fraction of sp³-hybridized carbons (Fsp3) is 0.200. The number of pyridine rings is 1. The monoisotopic (exact) mass is 273 g/mol. The van der Waals surface area contributed by atoms with E-state index in [-0.39, 0.29) is 18.1 Å². The molecule has 1 aromatic heterocycles. The van der Waals surface area contributed by atoms with Crippen LogP contribution >= 0.6 is 0 Å². The molecule has 5 nitrogen and oxygen atoms in total. The van der Waals surface area contributed by atoms with Crippen molar-refractivity contribution < 1.29 is 14.6 Å². The van der Waals surface area contributed by atoms with Crippen molar-refractivity contribution in [2.75, 3.05) is 0 Å². The van der Waals surface area contributed by atoms with E-state index < -0.39 is 11.4 Å². The first-order valence-electron chi connectivity index (χ1n) is 6.26. The summed E-state index contributed by atoms with van der Waals surface area (Å²) in [6.45, 7) is 2.33. The zero-order chi connectivity index (χ0) is 14.5. The first kappa shape index (κ1) is 13.9. The number of carboxylic acids is 1. The van der Waals surface area contributed by atoms with E-state index in [9.17, 15) is 9.59 Å². The molecule has 0 aliphatic rings. The highest BCUT2D eigenvalue weighted by molar-refractivity contribution is 5.85. The number of aromatic carboxylic acids is 1. The van der Waals surface area contributed by atoms with Gasteiger partial charge in [-0.05, 0) is 17.5 Å². The average Bonchev–Trinajstić information content (AvgIpc) is 2.46. The third-order valence-electron chi connectivity index (χ3n) is 2.90. The zero-order valence-corrected chi connectivity index (χ0v) is 11.1. The summed E-state index contributed by atoms with van der Waals surface area (Å²) in [5, 5.41) is 8.75. The standard InChI is InChI=1S/C15H15NO4/c1-2-10-4-3-5-11(6-10)9-20-14-8-16-12(15(18)19)7-13(14)17/h3-8H,2,9H2,1H3,(H,16,17)(H,18,19). The molecule has 0 bridgehead atoms. The Labute approximate surface area is 115 Å². The molecule has 0 aliphatic heterocycles. The molecule has 0 atom stereocenters. The van der Waals surface area contributed by atoms with E-state index in [1.54, 1.807) is 0 Å². The number of nitrogens with one attached hydrogen (secondary N) is 1. The molecule has 2 N–H and O–H groups in total.